The zero-order chi connectivity index (χ0) is 10.7. The van der Waals surface area contributed by atoms with Crippen LogP contribution < -0.4 is 0 Å². The first-order valence-electron chi connectivity index (χ1n) is 3.87. The van der Waals surface area contributed by atoms with Crippen molar-refractivity contribution >= 4 is 39.6 Å². The van der Waals surface area contributed by atoms with Gasteiger partial charge >= 0.3 is 5.97 Å². The average Bonchev–Trinajstić information content (AvgIpc) is 2.10. The molecule has 1 N–H and O–H groups in total. The van der Waals surface area contributed by atoms with Crippen molar-refractivity contribution in [2.75, 3.05) is 0 Å². The second-order valence-corrected chi connectivity index (χ2v) is 4.01. The number of aryl methyl sites for hydroxylation is 1. The van der Waals surface area contributed by atoms with E-state index in [0.717, 1.165) is 21.7 Å². The quantitative estimate of drug-likeness (QED) is 0.839. The number of rotatable bonds is 2. The minimum atomic E-state index is -0.971. The number of hydrogen-bond acceptors (Lipinski definition) is 1. The number of benzene rings is 1. The van der Waals surface area contributed by atoms with Gasteiger partial charge in [0.2, 0.25) is 0 Å². The maximum absolute atomic E-state index is 10.3. The van der Waals surface area contributed by atoms with Gasteiger partial charge < -0.3 is 5.11 Å². The van der Waals surface area contributed by atoms with E-state index in [1.807, 2.05) is 13.0 Å². The van der Waals surface area contributed by atoms with Crippen LogP contribution in [-0.4, -0.2) is 11.1 Å². The van der Waals surface area contributed by atoms with Gasteiger partial charge in [-0.2, -0.15) is 0 Å². The van der Waals surface area contributed by atoms with Crippen molar-refractivity contribution in [2.45, 2.75) is 6.92 Å². The van der Waals surface area contributed by atoms with Gasteiger partial charge in [0.1, 0.15) is 0 Å². The van der Waals surface area contributed by atoms with Crippen LogP contribution in [0.2, 0.25) is 5.02 Å². The van der Waals surface area contributed by atoms with E-state index < -0.39 is 5.97 Å². The van der Waals surface area contributed by atoms with Gasteiger partial charge in [0.15, 0.2) is 0 Å². The van der Waals surface area contributed by atoms with Gasteiger partial charge in [-0.05, 0) is 46.1 Å². The Morgan fingerprint density at radius 3 is 2.71 bits per heavy atom. The molecular formula is C10H8BrClO2. The number of aliphatic carboxylic acids is 1. The molecule has 0 aromatic heterocycles. The van der Waals surface area contributed by atoms with Gasteiger partial charge in [-0.15, -0.1) is 0 Å². The van der Waals surface area contributed by atoms with Crippen LogP contribution >= 0.6 is 27.5 Å². The summed E-state index contributed by atoms with van der Waals surface area (Å²) < 4.78 is 0.839. The zero-order valence-corrected chi connectivity index (χ0v) is 9.76. The van der Waals surface area contributed by atoms with Gasteiger partial charge in [-0.3, -0.25) is 0 Å². The molecule has 0 amide bonds. The maximum atomic E-state index is 10.3. The van der Waals surface area contributed by atoms with E-state index in [1.165, 1.54) is 6.08 Å². The van der Waals surface area contributed by atoms with Crippen LogP contribution in [0, 0.1) is 6.92 Å². The summed E-state index contributed by atoms with van der Waals surface area (Å²) in [4.78, 5) is 10.3. The molecule has 1 rings (SSSR count). The third-order valence-corrected chi connectivity index (χ3v) is 3.23. The van der Waals surface area contributed by atoms with Gasteiger partial charge in [-0.1, -0.05) is 17.7 Å². The van der Waals surface area contributed by atoms with Crippen LogP contribution in [0.4, 0.5) is 0 Å². The molecule has 1 aromatic rings. The molecule has 14 heavy (non-hydrogen) atoms. The molecule has 4 heteroatoms. The van der Waals surface area contributed by atoms with Gasteiger partial charge in [0.05, 0.1) is 5.02 Å². The van der Waals surface area contributed by atoms with Crippen LogP contribution in [0.1, 0.15) is 11.1 Å². The fourth-order valence-corrected chi connectivity index (χ4v) is 1.52. The molecule has 0 saturated heterocycles. The Kier molecular flexibility index (Phi) is 3.72. The molecular weight excluding hydrogens is 267 g/mol. The Bertz CT molecular complexity index is 376. The SMILES string of the molecule is Cc1cc(/C=C/C(=O)O)cc(Cl)c1Br. The highest BCUT2D eigenvalue weighted by Crippen LogP contribution is 2.27. The Morgan fingerprint density at radius 2 is 2.21 bits per heavy atom. The lowest BCUT2D eigenvalue weighted by Crippen LogP contribution is -1.86. The molecule has 0 fully saturated rings. The highest BCUT2D eigenvalue weighted by molar-refractivity contribution is 9.10. The molecule has 0 spiro atoms. The number of halogens is 2. The maximum Gasteiger partial charge on any atom is 0.328 e. The highest BCUT2D eigenvalue weighted by Gasteiger charge is 2.01. The van der Waals surface area contributed by atoms with Gasteiger partial charge in [-0.25, -0.2) is 4.79 Å². The normalized spacial score (nSPS) is 10.8. The highest BCUT2D eigenvalue weighted by atomic mass is 79.9. The third kappa shape index (κ3) is 2.86. The first kappa shape index (κ1) is 11.3. The molecule has 0 radical (unpaired) electrons. The first-order chi connectivity index (χ1) is 6.50. The Labute approximate surface area is 95.3 Å². The van der Waals surface area contributed by atoms with E-state index >= 15 is 0 Å². The largest absolute Gasteiger partial charge is 0.478 e. The monoisotopic (exact) mass is 274 g/mol. The van der Waals surface area contributed by atoms with Crippen molar-refractivity contribution in [1.82, 2.24) is 0 Å². The third-order valence-electron chi connectivity index (χ3n) is 1.65. The number of carboxylic acid groups (broad SMARTS) is 1. The molecule has 0 unspecified atom stereocenters. The van der Waals surface area contributed by atoms with Crippen molar-refractivity contribution in [3.8, 4) is 0 Å². The van der Waals surface area contributed by atoms with Crippen molar-refractivity contribution in [2.24, 2.45) is 0 Å². The average molecular weight is 276 g/mol. The van der Waals surface area contributed by atoms with Gasteiger partial charge in [0.25, 0.3) is 0 Å². The fraction of sp³-hybridized carbons (Fsp3) is 0.100. The van der Waals surface area contributed by atoms with Crippen LogP contribution in [0.25, 0.3) is 6.08 Å². The molecule has 0 bridgehead atoms. The van der Waals surface area contributed by atoms with Crippen molar-refractivity contribution in [3.63, 3.8) is 0 Å². The van der Waals surface area contributed by atoms with Crippen molar-refractivity contribution in [1.29, 1.82) is 0 Å². The van der Waals surface area contributed by atoms with Crippen molar-refractivity contribution in [3.05, 3.63) is 38.8 Å². The lowest BCUT2D eigenvalue weighted by Gasteiger charge is -2.02. The van der Waals surface area contributed by atoms with E-state index in [0.29, 0.717) is 5.02 Å². The number of hydrogen-bond donors (Lipinski definition) is 1. The van der Waals surface area contributed by atoms with Crippen molar-refractivity contribution < 1.29 is 9.90 Å². The topological polar surface area (TPSA) is 37.3 Å². The summed E-state index contributed by atoms with van der Waals surface area (Å²) in [6, 6.07) is 3.56. The second kappa shape index (κ2) is 4.62. The molecule has 0 heterocycles. The zero-order valence-electron chi connectivity index (χ0n) is 7.42. The molecule has 0 saturated carbocycles. The van der Waals surface area contributed by atoms with E-state index in [1.54, 1.807) is 6.07 Å². The molecule has 0 atom stereocenters. The second-order valence-electron chi connectivity index (χ2n) is 2.81. The molecule has 1 aromatic carbocycles. The molecule has 2 nitrogen and oxygen atoms in total. The summed E-state index contributed by atoms with van der Waals surface area (Å²) in [5, 5.41) is 9.02. The smallest absolute Gasteiger partial charge is 0.328 e. The number of carbonyl (C=O) groups is 1. The minimum absolute atomic E-state index is 0.579. The van der Waals surface area contributed by atoms with E-state index in [9.17, 15) is 4.79 Å². The van der Waals surface area contributed by atoms with Crippen LogP contribution in [0.15, 0.2) is 22.7 Å². The summed E-state index contributed by atoms with van der Waals surface area (Å²) in [5.74, 6) is -0.971. The molecule has 0 aliphatic carbocycles. The van der Waals surface area contributed by atoms with Crippen LogP contribution in [0.3, 0.4) is 0 Å². The molecule has 0 aliphatic rings. The Hall–Kier alpha value is -0.800. The van der Waals surface area contributed by atoms with Crippen LogP contribution in [0.5, 0.6) is 0 Å². The first-order valence-corrected chi connectivity index (χ1v) is 5.04. The fourth-order valence-electron chi connectivity index (χ4n) is 1.02. The standard InChI is InChI=1S/C10H8BrClO2/c1-6-4-7(2-3-9(13)14)5-8(12)10(6)11/h2-5H,1H3,(H,13,14)/b3-2+. The number of carboxylic acids is 1. The minimum Gasteiger partial charge on any atom is -0.478 e. The predicted molar refractivity (Wildman–Crippen MR) is 60.6 cm³/mol. The Morgan fingerprint density at radius 1 is 1.57 bits per heavy atom. The lowest BCUT2D eigenvalue weighted by molar-refractivity contribution is -0.131. The summed E-state index contributed by atoms with van der Waals surface area (Å²) in [6.07, 6.45) is 2.59. The Balaban J connectivity index is 3.07. The summed E-state index contributed by atoms with van der Waals surface area (Å²) in [6.45, 7) is 1.90. The predicted octanol–water partition coefficient (Wildman–Crippen LogP) is 3.51. The van der Waals surface area contributed by atoms with E-state index in [-0.39, 0.29) is 0 Å². The van der Waals surface area contributed by atoms with Gasteiger partial charge in [0, 0.05) is 10.5 Å². The van der Waals surface area contributed by atoms with E-state index in [2.05, 4.69) is 15.9 Å². The van der Waals surface area contributed by atoms with E-state index in [4.69, 9.17) is 16.7 Å². The van der Waals surface area contributed by atoms with Crippen LogP contribution in [-0.2, 0) is 4.79 Å². The lowest BCUT2D eigenvalue weighted by atomic mass is 10.1. The molecule has 74 valence electrons. The summed E-state index contributed by atoms with van der Waals surface area (Å²) in [5.41, 5.74) is 1.75. The summed E-state index contributed by atoms with van der Waals surface area (Å²) >= 11 is 9.23. The molecule has 0 aliphatic heterocycles. The summed E-state index contributed by atoms with van der Waals surface area (Å²) in [7, 11) is 0.